The molecule has 2 aromatic heterocycles. The fourth-order valence-electron chi connectivity index (χ4n) is 1.92. The molecule has 3 aromatic rings. The Balaban J connectivity index is 2.06. The highest BCUT2D eigenvalue weighted by Gasteiger charge is 2.11. The van der Waals surface area contributed by atoms with Gasteiger partial charge in [0.05, 0.1) is 10.4 Å². The van der Waals surface area contributed by atoms with Gasteiger partial charge < -0.3 is 0 Å². The molecule has 0 aliphatic rings. The molecule has 0 fully saturated rings. The molecule has 18 heavy (non-hydrogen) atoms. The Morgan fingerprint density at radius 1 is 1.17 bits per heavy atom. The van der Waals surface area contributed by atoms with Gasteiger partial charge >= 0.3 is 0 Å². The predicted molar refractivity (Wildman–Crippen MR) is 74.2 cm³/mol. The number of pyridine rings is 1. The van der Waals surface area contributed by atoms with E-state index in [2.05, 4.69) is 4.98 Å². The van der Waals surface area contributed by atoms with Crippen molar-refractivity contribution in [3.63, 3.8) is 0 Å². The van der Waals surface area contributed by atoms with Crippen molar-refractivity contribution in [3.05, 3.63) is 64.0 Å². The second-order valence-corrected chi connectivity index (χ2v) is 5.44. The van der Waals surface area contributed by atoms with Crippen molar-refractivity contribution < 1.29 is 4.79 Å². The number of aryl methyl sites for hydroxylation is 1. The number of benzene rings is 1. The molecule has 88 valence electrons. The number of hydrogen-bond donors (Lipinski definition) is 0. The fraction of sp³-hybridized carbons (Fsp3) is 0.0667. The number of ketones is 1. The smallest absolute Gasteiger partial charge is 0.202 e. The maximum Gasteiger partial charge on any atom is 0.202 e. The summed E-state index contributed by atoms with van der Waals surface area (Å²) in [6.07, 6.45) is 1.76. The summed E-state index contributed by atoms with van der Waals surface area (Å²) < 4.78 is 0. The Labute approximate surface area is 109 Å². The molecule has 2 heterocycles. The number of hydrogen-bond acceptors (Lipinski definition) is 3. The summed E-state index contributed by atoms with van der Waals surface area (Å²) in [6.45, 7) is 2.01. The van der Waals surface area contributed by atoms with Gasteiger partial charge in [-0.2, -0.15) is 0 Å². The highest BCUT2D eigenvalue weighted by Crippen LogP contribution is 2.21. The standard InChI is InChI=1S/C15H11NOS/c1-10-4-7-14(18-10)15(17)12-5-6-13-11(9-12)3-2-8-16-13/h2-9H,1H3. The Hall–Kier alpha value is -2.00. The van der Waals surface area contributed by atoms with E-state index >= 15 is 0 Å². The fourth-order valence-corrected chi connectivity index (χ4v) is 2.75. The molecule has 0 atom stereocenters. The van der Waals surface area contributed by atoms with Crippen molar-refractivity contribution in [2.45, 2.75) is 6.92 Å². The van der Waals surface area contributed by atoms with E-state index < -0.39 is 0 Å². The lowest BCUT2D eigenvalue weighted by molar-refractivity contribution is 0.104. The Morgan fingerprint density at radius 2 is 2.06 bits per heavy atom. The van der Waals surface area contributed by atoms with Crippen LogP contribution in [-0.2, 0) is 0 Å². The van der Waals surface area contributed by atoms with E-state index in [4.69, 9.17) is 0 Å². The highest BCUT2D eigenvalue weighted by molar-refractivity contribution is 7.14. The van der Waals surface area contributed by atoms with Gasteiger partial charge in [-0.15, -0.1) is 11.3 Å². The van der Waals surface area contributed by atoms with Gasteiger partial charge in [-0.3, -0.25) is 9.78 Å². The first-order valence-electron chi connectivity index (χ1n) is 5.70. The summed E-state index contributed by atoms with van der Waals surface area (Å²) in [5, 5.41) is 0.997. The largest absolute Gasteiger partial charge is 0.288 e. The molecule has 0 amide bonds. The first kappa shape index (κ1) is 11.1. The summed E-state index contributed by atoms with van der Waals surface area (Å²) in [6, 6.07) is 13.3. The van der Waals surface area contributed by atoms with E-state index in [1.165, 1.54) is 11.3 Å². The molecule has 0 saturated heterocycles. The van der Waals surface area contributed by atoms with Crippen molar-refractivity contribution in [3.8, 4) is 0 Å². The van der Waals surface area contributed by atoms with Gasteiger partial charge in [0.25, 0.3) is 0 Å². The molecule has 3 heteroatoms. The van der Waals surface area contributed by atoms with Gasteiger partial charge in [0, 0.05) is 22.0 Å². The SMILES string of the molecule is Cc1ccc(C(=O)c2ccc3ncccc3c2)s1. The highest BCUT2D eigenvalue weighted by atomic mass is 32.1. The minimum atomic E-state index is 0.0823. The molecule has 0 aliphatic heterocycles. The Kier molecular flexibility index (Phi) is 2.68. The molecule has 0 N–H and O–H groups in total. The minimum absolute atomic E-state index is 0.0823. The van der Waals surface area contributed by atoms with Crippen LogP contribution in [0.5, 0.6) is 0 Å². The van der Waals surface area contributed by atoms with Crippen molar-refractivity contribution in [1.82, 2.24) is 4.98 Å². The van der Waals surface area contributed by atoms with Crippen LogP contribution in [0.1, 0.15) is 20.1 Å². The molecule has 2 nitrogen and oxygen atoms in total. The van der Waals surface area contributed by atoms with Crippen molar-refractivity contribution in [2.75, 3.05) is 0 Å². The second-order valence-electron chi connectivity index (χ2n) is 4.15. The van der Waals surface area contributed by atoms with Gasteiger partial charge in [-0.1, -0.05) is 6.07 Å². The van der Waals surface area contributed by atoms with Gasteiger partial charge in [0.1, 0.15) is 0 Å². The molecule has 0 spiro atoms. The van der Waals surface area contributed by atoms with Crippen LogP contribution in [0.25, 0.3) is 10.9 Å². The van der Waals surface area contributed by atoms with E-state index in [0.717, 1.165) is 26.2 Å². The van der Waals surface area contributed by atoms with Gasteiger partial charge in [0.2, 0.25) is 5.78 Å². The summed E-state index contributed by atoms with van der Waals surface area (Å²) >= 11 is 1.53. The minimum Gasteiger partial charge on any atom is -0.288 e. The Bertz CT molecular complexity index is 730. The number of aromatic nitrogens is 1. The predicted octanol–water partition coefficient (Wildman–Crippen LogP) is 3.84. The number of rotatable bonds is 2. The second kappa shape index (κ2) is 4.35. The van der Waals surface area contributed by atoms with Gasteiger partial charge in [-0.25, -0.2) is 0 Å². The van der Waals surface area contributed by atoms with Crippen molar-refractivity contribution >= 4 is 28.0 Å². The van der Waals surface area contributed by atoms with Crippen LogP contribution in [-0.4, -0.2) is 10.8 Å². The molecular weight excluding hydrogens is 242 g/mol. The monoisotopic (exact) mass is 253 g/mol. The van der Waals surface area contributed by atoms with Crippen LogP contribution in [0.2, 0.25) is 0 Å². The number of fused-ring (bicyclic) bond motifs is 1. The molecule has 0 unspecified atom stereocenters. The third-order valence-electron chi connectivity index (χ3n) is 2.83. The third kappa shape index (κ3) is 1.93. The molecular formula is C15H11NOS. The molecule has 0 aliphatic carbocycles. The first-order chi connectivity index (χ1) is 8.74. The van der Waals surface area contributed by atoms with Gasteiger partial charge in [-0.05, 0) is 43.3 Å². The van der Waals surface area contributed by atoms with E-state index in [9.17, 15) is 4.79 Å². The summed E-state index contributed by atoms with van der Waals surface area (Å²) in [5.74, 6) is 0.0823. The molecule has 3 rings (SSSR count). The van der Waals surface area contributed by atoms with Crippen molar-refractivity contribution in [1.29, 1.82) is 0 Å². The van der Waals surface area contributed by atoms with Crippen LogP contribution < -0.4 is 0 Å². The average molecular weight is 253 g/mol. The zero-order valence-electron chi connectivity index (χ0n) is 9.88. The van der Waals surface area contributed by atoms with E-state index in [1.807, 2.05) is 49.4 Å². The number of thiophene rings is 1. The van der Waals surface area contributed by atoms with Crippen LogP contribution in [0.15, 0.2) is 48.7 Å². The van der Waals surface area contributed by atoms with Crippen LogP contribution >= 0.6 is 11.3 Å². The van der Waals surface area contributed by atoms with Crippen LogP contribution in [0.4, 0.5) is 0 Å². The van der Waals surface area contributed by atoms with Crippen LogP contribution in [0, 0.1) is 6.92 Å². The molecule has 0 saturated carbocycles. The third-order valence-corrected chi connectivity index (χ3v) is 3.83. The Morgan fingerprint density at radius 3 is 2.83 bits per heavy atom. The van der Waals surface area contributed by atoms with Gasteiger partial charge in [0.15, 0.2) is 0 Å². The zero-order chi connectivity index (χ0) is 12.5. The summed E-state index contributed by atoms with van der Waals surface area (Å²) in [5.41, 5.74) is 1.63. The van der Waals surface area contributed by atoms with Crippen LogP contribution in [0.3, 0.4) is 0 Å². The lowest BCUT2D eigenvalue weighted by Gasteiger charge is -2.01. The van der Waals surface area contributed by atoms with E-state index in [1.54, 1.807) is 6.20 Å². The quantitative estimate of drug-likeness (QED) is 0.649. The summed E-state index contributed by atoms with van der Waals surface area (Å²) in [7, 11) is 0. The summed E-state index contributed by atoms with van der Waals surface area (Å²) in [4.78, 5) is 18.5. The lowest BCUT2D eigenvalue weighted by atomic mass is 10.1. The molecule has 0 bridgehead atoms. The number of carbonyl (C=O) groups excluding carboxylic acids is 1. The van der Waals surface area contributed by atoms with E-state index in [-0.39, 0.29) is 5.78 Å². The molecule has 0 radical (unpaired) electrons. The zero-order valence-corrected chi connectivity index (χ0v) is 10.7. The first-order valence-corrected chi connectivity index (χ1v) is 6.51. The lowest BCUT2D eigenvalue weighted by Crippen LogP contribution is -1.98. The maximum atomic E-state index is 12.3. The maximum absolute atomic E-state index is 12.3. The average Bonchev–Trinajstić information content (AvgIpc) is 2.84. The van der Waals surface area contributed by atoms with Crippen molar-refractivity contribution in [2.24, 2.45) is 0 Å². The number of carbonyl (C=O) groups is 1. The van der Waals surface area contributed by atoms with E-state index in [0.29, 0.717) is 0 Å². The normalized spacial score (nSPS) is 10.7. The molecule has 1 aromatic carbocycles. The topological polar surface area (TPSA) is 30.0 Å². The number of nitrogens with zero attached hydrogens (tertiary/aromatic N) is 1.